The highest BCUT2D eigenvalue weighted by Crippen LogP contribution is 2.35. The van der Waals surface area contributed by atoms with Crippen molar-refractivity contribution in [2.75, 3.05) is 19.6 Å². The SMILES string of the molecule is CC1(C)Cc2cc(CNCCCN3CCCC3=O)ccc2O1. The zero-order valence-corrected chi connectivity index (χ0v) is 13.7. The molecule has 1 amide bonds. The molecule has 1 fully saturated rings. The van der Waals surface area contributed by atoms with Gasteiger partial charge in [-0.05, 0) is 50.4 Å². The average Bonchev–Trinajstić information content (AvgIpc) is 2.99. The molecule has 120 valence electrons. The van der Waals surface area contributed by atoms with Gasteiger partial charge in [-0.1, -0.05) is 12.1 Å². The highest BCUT2D eigenvalue weighted by Gasteiger charge is 2.29. The summed E-state index contributed by atoms with van der Waals surface area (Å²) < 4.78 is 5.90. The Hall–Kier alpha value is -1.55. The normalized spacial score (nSPS) is 19.4. The number of nitrogens with one attached hydrogen (secondary N) is 1. The maximum absolute atomic E-state index is 11.5. The average molecular weight is 302 g/mol. The molecule has 4 heteroatoms. The van der Waals surface area contributed by atoms with E-state index in [2.05, 4.69) is 37.4 Å². The summed E-state index contributed by atoms with van der Waals surface area (Å²) in [5.74, 6) is 1.35. The summed E-state index contributed by atoms with van der Waals surface area (Å²) in [6.07, 6.45) is 3.76. The third-order valence-electron chi connectivity index (χ3n) is 4.41. The molecule has 0 radical (unpaired) electrons. The van der Waals surface area contributed by atoms with Gasteiger partial charge in [-0.2, -0.15) is 0 Å². The van der Waals surface area contributed by atoms with Gasteiger partial charge in [-0.25, -0.2) is 0 Å². The summed E-state index contributed by atoms with van der Waals surface area (Å²) in [4.78, 5) is 13.5. The van der Waals surface area contributed by atoms with Gasteiger partial charge in [0.25, 0.3) is 0 Å². The van der Waals surface area contributed by atoms with Gasteiger partial charge in [-0.3, -0.25) is 4.79 Å². The molecule has 0 bridgehead atoms. The minimum atomic E-state index is -0.0728. The van der Waals surface area contributed by atoms with E-state index in [1.807, 2.05) is 4.90 Å². The molecule has 1 saturated heterocycles. The molecule has 0 aliphatic carbocycles. The molecular weight excluding hydrogens is 276 g/mol. The summed E-state index contributed by atoms with van der Waals surface area (Å²) in [6.45, 7) is 7.91. The fourth-order valence-corrected chi connectivity index (χ4v) is 3.34. The van der Waals surface area contributed by atoms with E-state index in [1.54, 1.807) is 0 Å². The van der Waals surface area contributed by atoms with Gasteiger partial charge < -0.3 is 15.0 Å². The van der Waals surface area contributed by atoms with E-state index >= 15 is 0 Å². The molecule has 0 saturated carbocycles. The number of fused-ring (bicyclic) bond motifs is 1. The molecule has 0 atom stereocenters. The van der Waals surface area contributed by atoms with Crippen LogP contribution >= 0.6 is 0 Å². The molecule has 2 heterocycles. The Bertz CT molecular complexity index is 554. The van der Waals surface area contributed by atoms with Gasteiger partial charge >= 0.3 is 0 Å². The molecule has 0 aromatic heterocycles. The van der Waals surface area contributed by atoms with E-state index in [0.717, 1.165) is 57.6 Å². The molecule has 2 aliphatic heterocycles. The van der Waals surface area contributed by atoms with E-state index in [0.29, 0.717) is 5.91 Å². The quantitative estimate of drug-likeness (QED) is 0.821. The predicted molar refractivity (Wildman–Crippen MR) is 87.0 cm³/mol. The fourth-order valence-electron chi connectivity index (χ4n) is 3.34. The van der Waals surface area contributed by atoms with Crippen molar-refractivity contribution in [2.45, 2.75) is 51.7 Å². The van der Waals surface area contributed by atoms with Crippen molar-refractivity contribution in [1.82, 2.24) is 10.2 Å². The Labute approximate surface area is 132 Å². The number of amides is 1. The zero-order valence-electron chi connectivity index (χ0n) is 13.7. The Balaban J connectivity index is 1.40. The molecule has 1 aromatic carbocycles. The van der Waals surface area contributed by atoms with Crippen molar-refractivity contribution in [3.8, 4) is 5.75 Å². The number of carbonyl (C=O) groups is 1. The van der Waals surface area contributed by atoms with Crippen LogP contribution in [0.2, 0.25) is 0 Å². The van der Waals surface area contributed by atoms with Crippen molar-refractivity contribution >= 4 is 5.91 Å². The minimum Gasteiger partial charge on any atom is -0.487 e. The first-order valence-corrected chi connectivity index (χ1v) is 8.33. The molecular formula is C18H26N2O2. The fraction of sp³-hybridized carbons (Fsp3) is 0.611. The number of nitrogens with zero attached hydrogens (tertiary/aromatic N) is 1. The third-order valence-corrected chi connectivity index (χ3v) is 4.41. The van der Waals surface area contributed by atoms with Crippen LogP contribution in [0.25, 0.3) is 0 Å². The van der Waals surface area contributed by atoms with Crippen LogP contribution in [0, 0.1) is 0 Å². The number of benzene rings is 1. The van der Waals surface area contributed by atoms with Crippen LogP contribution < -0.4 is 10.1 Å². The lowest BCUT2D eigenvalue weighted by Crippen LogP contribution is -2.28. The van der Waals surface area contributed by atoms with Crippen molar-refractivity contribution in [3.63, 3.8) is 0 Å². The predicted octanol–water partition coefficient (Wildman–Crippen LogP) is 2.50. The maximum atomic E-state index is 11.5. The summed E-state index contributed by atoms with van der Waals surface area (Å²) in [7, 11) is 0. The van der Waals surface area contributed by atoms with E-state index in [-0.39, 0.29) is 5.60 Å². The summed E-state index contributed by atoms with van der Waals surface area (Å²) in [5.41, 5.74) is 2.54. The second kappa shape index (κ2) is 6.29. The monoisotopic (exact) mass is 302 g/mol. The van der Waals surface area contributed by atoms with Crippen LogP contribution in [0.15, 0.2) is 18.2 Å². The number of ether oxygens (including phenoxy) is 1. The number of hydrogen-bond donors (Lipinski definition) is 1. The van der Waals surface area contributed by atoms with Crippen molar-refractivity contribution in [1.29, 1.82) is 0 Å². The Morgan fingerprint density at radius 2 is 2.23 bits per heavy atom. The second-order valence-electron chi connectivity index (χ2n) is 7.00. The first kappa shape index (κ1) is 15.3. The molecule has 0 unspecified atom stereocenters. The highest BCUT2D eigenvalue weighted by molar-refractivity contribution is 5.77. The lowest BCUT2D eigenvalue weighted by Gasteiger charge is -2.16. The van der Waals surface area contributed by atoms with E-state index in [4.69, 9.17) is 4.74 Å². The first-order valence-electron chi connectivity index (χ1n) is 8.33. The van der Waals surface area contributed by atoms with Gasteiger partial charge in [0.15, 0.2) is 0 Å². The van der Waals surface area contributed by atoms with Crippen LogP contribution in [-0.4, -0.2) is 36.0 Å². The summed E-state index contributed by atoms with van der Waals surface area (Å²) in [5, 5.41) is 3.47. The number of hydrogen-bond acceptors (Lipinski definition) is 3. The molecule has 3 rings (SSSR count). The van der Waals surface area contributed by atoms with Crippen molar-refractivity contribution in [2.24, 2.45) is 0 Å². The lowest BCUT2D eigenvalue weighted by molar-refractivity contribution is -0.127. The minimum absolute atomic E-state index is 0.0728. The van der Waals surface area contributed by atoms with Crippen LogP contribution in [0.5, 0.6) is 5.75 Å². The Kier molecular flexibility index (Phi) is 4.39. The summed E-state index contributed by atoms with van der Waals surface area (Å²) >= 11 is 0. The molecule has 1 aromatic rings. The topological polar surface area (TPSA) is 41.6 Å². The number of carbonyl (C=O) groups excluding carboxylic acids is 1. The second-order valence-corrected chi connectivity index (χ2v) is 7.00. The number of likely N-dealkylation sites (tertiary alicyclic amines) is 1. The Morgan fingerprint density at radius 3 is 3.00 bits per heavy atom. The molecule has 1 N–H and O–H groups in total. The van der Waals surface area contributed by atoms with Gasteiger partial charge in [0.1, 0.15) is 11.4 Å². The van der Waals surface area contributed by atoms with Crippen LogP contribution in [0.3, 0.4) is 0 Å². The summed E-state index contributed by atoms with van der Waals surface area (Å²) in [6, 6.07) is 6.47. The van der Waals surface area contributed by atoms with Crippen molar-refractivity contribution in [3.05, 3.63) is 29.3 Å². The lowest BCUT2D eigenvalue weighted by atomic mass is 10.0. The van der Waals surface area contributed by atoms with Gasteiger partial charge in [-0.15, -0.1) is 0 Å². The van der Waals surface area contributed by atoms with Crippen LogP contribution in [0.1, 0.15) is 44.2 Å². The van der Waals surface area contributed by atoms with Crippen molar-refractivity contribution < 1.29 is 9.53 Å². The van der Waals surface area contributed by atoms with E-state index in [9.17, 15) is 4.79 Å². The van der Waals surface area contributed by atoms with Gasteiger partial charge in [0.05, 0.1) is 0 Å². The van der Waals surface area contributed by atoms with Gasteiger partial charge in [0, 0.05) is 32.5 Å². The first-order chi connectivity index (χ1) is 10.5. The maximum Gasteiger partial charge on any atom is 0.222 e. The molecule has 22 heavy (non-hydrogen) atoms. The third kappa shape index (κ3) is 3.61. The highest BCUT2D eigenvalue weighted by atomic mass is 16.5. The smallest absolute Gasteiger partial charge is 0.222 e. The molecule has 0 spiro atoms. The van der Waals surface area contributed by atoms with Gasteiger partial charge in [0.2, 0.25) is 5.91 Å². The molecule has 2 aliphatic rings. The Morgan fingerprint density at radius 1 is 1.36 bits per heavy atom. The van der Waals surface area contributed by atoms with E-state index in [1.165, 1.54) is 11.1 Å². The van der Waals surface area contributed by atoms with E-state index < -0.39 is 0 Å². The standard InChI is InChI=1S/C18H26N2O2/c1-18(2)12-15-11-14(6-7-16(15)22-18)13-19-8-4-10-20-9-3-5-17(20)21/h6-7,11,19H,3-5,8-10,12-13H2,1-2H3. The largest absolute Gasteiger partial charge is 0.487 e. The molecule has 4 nitrogen and oxygen atoms in total. The van der Waals surface area contributed by atoms with Crippen LogP contribution in [0.4, 0.5) is 0 Å². The van der Waals surface area contributed by atoms with Crippen LogP contribution in [-0.2, 0) is 17.8 Å². The zero-order chi connectivity index (χ0) is 15.6. The number of rotatable bonds is 6.